The van der Waals surface area contributed by atoms with Crippen molar-refractivity contribution in [3.63, 3.8) is 0 Å². The molecule has 1 aromatic heterocycles. The Morgan fingerprint density at radius 2 is 1.80 bits per heavy atom. The Labute approximate surface area is 172 Å². The van der Waals surface area contributed by atoms with Crippen LogP contribution in [0.15, 0.2) is 53.5 Å². The molecule has 2 aromatic carbocycles. The molecule has 3 rings (SSSR count). The third-order valence-corrected chi connectivity index (χ3v) is 4.70. The van der Waals surface area contributed by atoms with Crippen molar-refractivity contribution in [3.05, 3.63) is 82.0 Å². The van der Waals surface area contributed by atoms with Gasteiger partial charge in [0.25, 0.3) is 5.56 Å². The summed E-state index contributed by atoms with van der Waals surface area (Å²) in [6.45, 7) is 0.191. The molecule has 0 aliphatic heterocycles. The van der Waals surface area contributed by atoms with Gasteiger partial charge in [-0.2, -0.15) is 0 Å². The van der Waals surface area contributed by atoms with Crippen LogP contribution in [0.25, 0.3) is 11.1 Å². The van der Waals surface area contributed by atoms with Gasteiger partial charge in [-0.1, -0.05) is 6.07 Å². The molecular weight excluding hydrogens is 421 g/mol. The van der Waals surface area contributed by atoms with Crippen LogP contribution in [0.1, 0.15) is 5.56 Å². The lowest BCUT2D eigenvalue weighted by Crippen LogP contribution is -2.19. The van der Waals surface area contributed by atoms with Crippen LogP contribution in [0.4, 0.5) is 13.2 Å². The fourth-order valence-corrected chi connectivity index (χ4v) is 3.10. The van der Waals surface area contributed by atoms with Crippen LogP contribution in [0.3, 0.4) is 0 Å². The third kappa shape index (κ3) is 5.15. The number of ether oxygens (including phenoxy) is 1. The smallest absolute Gasteiger partial charge is 0.286 e. The van der Waals surface area contributed by atoms with E-state index in [0.717, 1.165) is 22.8 Å². The fourth-order valence-electron chi connectivity index (χ4n) is 2.82. The van der Waals surface area contributed by atoms with Gasteiger partial charge >= 0.3 is 0 Å². The Morgan fingerprint density at radius 1 is 1.07 bits per heavy atom. The number of hydrogen-bond acceptors (Lipinski definition) is 3. The first kappa shape index (κ1) is 21.8. The van der Waals surface area contributed by atoms with E-state index in [2.05, 4.69) is 4.72 Å². The molecule has 30 heavy (non-hydrogen) atoms. The molecule has 10 heteroatoms. The van der Waals surface area contributed by atoms with Gasteiger partial charge in [-0.05, 0) is 42.3 Å². The molecule has 0 radical (unpaired) electrons. The van der Waals surface area contributed by atoms with Gasteiger partial charge < -0.3 is 9.30 Å². The topological polar surface area (TPSA) is 80.6 Å². The number of aryl methyl sites for hydroxylation is 1. The molecule has 3 aromatic rings. The fraction of sp³-hybridized carbons (Fsp3) is 0.150. The van der Waals surface area contributed by atoms with Crippen LogP contribution in [0.5, 0.6) is 11.5 Å². The highest BCUT2D eigenvalue weighted by atomic mass is 32.2. The van der Waals surface area contributed by atoms with Crippen LogP contribution in [0.2, 0.25) is 0 Å². The van der Waals surface area contributed by atoms with Gasteiger partial charge in [0.15, 0.2) is 17.4 Å². The van der Waals surface area contributed by atoms with Gasteiger partial charge in [0.2, 0.25) is 11.3 Å². The summed E-state index contributed by atoms with van der Waals surface area (Å²) in [6, 6.07) is 8.69. The second-order valence-corrected chi connectivity index (χ2v) is 7.18. The molecule has 2 N–H and O–H groups in total. The molecule has 6 nitrogen and oxygen atoms in total. The molecule has 1 unspecified atom stereocenters. The zero-order chi connectivity index (χ0) is 21.8. The van der Waals surface area contributed by atoms with E-state index >= 15 is 0 Å². The number of rotatable bonds is 7. The van der Waals surface area contributed by atoms with Crippen molar-refractivity contribution in [1.29, 1.82) is 0 Å². The molecule has 0 saturated heterocycles. The van der Waals surface area contributed by atoms with Gasteiger partial charge in [0.1, 0.15) is 11.6 Å². The minimum absolute atomic E-state index is 0.154. The standard InChI is InChI=1S/C20H17F3N2O4S/c1-25-11-13(9-17(23)20(25)26)15-8-12(6-7-24-30(27)28)2-4-18(15)29-19-5-3-14(21)10-16(19)22/h2-5,8-11,24H,6-7H2,1H3,(H,27,28). The molecule has 0 aliphatic carbocycles. The van der Waals surface area contributed by atoms with E-state index in [1.807, 2.05) is 0 Å². The summed E-state index contributed by atoms with van der Waals surface area (Å²) in [6.07, 6.45) is 1.76. The number of pyridine rings is 1. The van der Waals surface area contributed by atoms with Crippen LogP contribution >= 0.6 is 0 Å². The van der Waals surface area contributed by atoms with Gasteiger partial charge in [-0.25, -0.2) is 22.1 Å². The number of benzene rings is 2. The third-order valence-electron chi connectivity index (χ3n) is 4.25. The number of halogens is 3. The van der Waals surface area contributed by atoms with Gasteiger partial charge in [-0.3, -0.25) is 9.35 Å². The lowest BCUT2D eigenvalue weighted by molar-refractivity contribution is 0.439. The molecule has 0 spiro atoms. The zero-order valence-corrected chi connectivity index (χ0v) is 16.5. The first-order valence-electron chi connectivity index (χ1n) is 8.71. The normalized spacial score (nSPS) is 12.0. The van der Waals surface area contributed by atoms with Crippen LogP contribution in [-0.4, -0.2) is 19.9 Å². The quantitative estimate of drug-likeness (QED) is 0.553. The van der Waals surface area contributed by atoms with Crippen LogP contribution < -0.4 is 15.0 Å². The first-order chi connectivity index (χ1) is 14.2. The maximum Gasteiger partial charge on any atom is 0.286 e. The Bertz CT molecular complexity index is 1140. The molecular formula is C20H17F3N2O4S. The summed E-state index contributed by atoms with van der Waals surface area (Å²) in [7, 11) is 1.39. The molecule has 1 atom stereocenters. The zero-order valence-electron chi connectivity index (χ0n) is 15.7. The molecule has 0 bridgehead atoms. The van der Waals surface area contributed by atoms with E-state index in [0.29, 0.717) is 29.2 Å². The Hall–Kier alpha value is -2.95. The second kappa shape index (κ2) is 9.24. The van der Waals surface area contributed by atoms with E-state index in [9.17, 15) is 22.2 Å². The molecule has 158 valence electrons. The predicted octanol–water partition coefficient (Wildman–Crippen LogP) is 3.53. The van der Waals surface area contributed by atoms with Crippen molar-refractivity contribution in [2.75, 3.05) is 6.54 Å². The minimum atomic E-state index is -2.16. The number of aromatic nitrogens is 1. The van der Waals surface area contributed by atoms with Crippen molar-refractivity contribution in [2.24, 2.45) is 7.05 Å². The number of hydrogen-bond donors (Lipinski definition) is 2. The maximum absolute atomic E-state index is 14.0. The Morgan fingerprint density at radius 3 is 2.47 bits per heavy atom. The summed E-state index contributed by atoms with van der Waals surface area (Å²) < 4.78 is 69.8. The minimum Gasteiger partial charge on any atom is -0.454 e. The van der Waals surface area contributed by atoms with E-state index in [1.54, 1.807) is 12.1 Å². The summed E-state index contributed by atoms with van der Waals surface area (Å²) in [5.41, 5.74) is 0.559. The highest BCUT2D eigenvalue weighted by molar-refractivity contribution is 7.77. The molecule has 0 amide bonds. The van der Waals surface area contributed by atoms with Crippen molar-refractivity contribution in [1.82, 2.24) is 9.29 Å². The maximum atomic E-state index is 14.0. The number of nitrogens with one attached hydrogen (secondary N) is 1. The summed E-state index contributed by atoms with van der Waals surface area (Å²) in [4.78, 5) is 11.7. The van der Waals surface area contributed by atoms with Gasteiger partial charge in [0, 0.05) is 37.0 Å². The number of nitrogens with zero attached hydrogens (tertiary/aromatic N) is 1. The highest BCUT2D eigenvalue weighted by Gasteiger charge is 2.15. The summed E-state index contributed by atoms with van der Waals surface area (Å²) >= 11 is -2.16. The lowest BCUT2D eigenvalue weighted by atomic mass is 10.0. The lowest BCUT2D eigenvalue weighted by Gasteiger charge is -2.15. The highest BCUT2D eigenvalue weighted by Crippen LogP contribution is 2.35. The predicted molar refractivity (Wildman–Crippen MR) is 106 cm³/mol. The van der Waals surface area contributed by atoms with Gasteiger partial charge in [-0.15, -0.1) is 0 Å². The van der Waals surface area contributed by atoms with E-state index in [4.69, 9.17) is 9.29 Å². The average molecular weight is 438 g/mol. The summed E-state index contributed by atoms with van der Waals surface area (Å²) in [5.74, 6) is -2.72. The SMILES string of the molecule is Cn1cc(-c2cc(CCNS(=O)O)ccc2Oc2ccc(F)cc2F)cc(F)c1=O. The summed E-state index contributed by atoms with van der Waals surface area (Å²) in [5, 5.41) is 0. The van der Waals surface area contributed by atoms with Crippen LogP contribution in [0, 0.1) is 17.5 Å². The monoisotopic (exact) mass is 438 g/mol. The van der Waals surface area contributed by atoms with Crippen molar-refractivity contribution >= 4 is 11.3 Å². The van der Waals surface area contributed by atoms with Crippen LogP contribution in [-0.2, 0) is 24.7 Å². The van der Waals surface area contributed by atoms with Crippen molar-refractivity contribution < 1.29 is 26.7 Å². The molecule has 0 fully saturated rings. The van der Waals surface area contributed by atoms with Crippen molar-refractivity contribution in [2.45, 2.75) is 6.42 Å². The van der Waals surface area contributed by atoms with E-state index in [1.165, 1.54) is 19.3 Å². The second-order valence-electron chi connectivity index (χ2n) is 6.39. The largest absolute Gasteiger partial charge is 0.454 e. The van der Waals surface area contributed by atoms with Gasteiger partial charge in [0.05, 0.1) is 0 Å². The van der Waals surface area contributed by atoms with E-state index < -0.39 is 34.3 Å². The van der Waals surface area contributed by atoms with Crippen molar-refractivity contribution in [3.8, 4) is 22.6 Å². The van der Waals surface area contributed by atoms with E-state index in [-0.39, 0.29) is 18.0 Å². The Balaban J connectivity index is 2.04. The Kier molecular flexibility index (Phi) is 6.70. The molecule has 0 saturated carbocycles. The first-order valence-corrected chi connectivity index (χ1v) is 9.82. The average Bonchev–Trinajstić information content (AvgIpc) is 2.68. The molecule has 1 heterocycles. The molecule has 0 aliphatic rings.